The van der Waals surface area contributed by atoms with Gasteiger partial charge in [-0.3, -0.25) is 0 Å². The molecule has 0 amide bonds. The molecule has 5 atom stereocenters. The van der Waals surface area contributed by atoms with E-state index in [4.69, 9.17) is 0 Å². The fourth-order valence-electron chi connectivity index (χ4n) is 14.3. The average Bonchev–Trinajstić information content (AvgIpc) is 3.56. The molecule has 10 aromatic rings. The monoisotopic (exact) mass is 897 g/mol. The summed E-state index contributed by atoms with van der Waals surface area (Å²) in [6.45, 7) is 0. The number of hydrogen-bond acceptors (Lipinski definition) is 1. The van der Waals surface area contributed by atoms with E-state index in [1.807, 2.05) is 0 Å². The van der Waals surface area contributed by atoms with Crippen molar-refractivity contribution in [2.24, 2.45) is 23.7 Å². The lowest BCUT2D eigenvalue weighted by Crippen LogP contribution is -2.48. The summed E-state index contributed by atoms with van der Waals surface area (Å²) in [5.74, 6) is 3.27. The number of hydrogen-bond donors (Lipinski definition) is 0. The van der Waals surface area contributed by atoms with Gasteiger partial charge in [-0.2, -0.15) is 0 Å². The molecule has 5 aliphatic rings. The Labute approximate surface area is 412 Å². The molecule has 4 fully saturated rings. The Bertz CT molecular complexity index is 3580. The molecule has 1 spiro atoms. The van der Waals surface area contributed by atoms with Crippen molar-refractivity contribution in [3.8, 4) is 66.8 Å². The molecule has 0 aromatic heterocycles. The summed E-state index contributed by atoms with van der Waals surface area (Å²) < 4.78 is 0. The van der Waals surface area contributed by atoms with E-state index in [2.05, 4.69) is 241 Å². The van der Waals surface area contributed by atoms with E-state index in [0.717, 1.165) is 40.7 Å². The van der Waals surface area contributed by atoms with Crippen LogP contribution in [0.3, 0.4) is 0 Å². The Morgan fingerprint density at radius 3 is 1.56 bits per heavy atom. The van der Waals surface area contributed by atoms with E-state index in [0.29, 0.717) is 0 Å². The molecule has 10 aromatic carbocycles. The van der Waals surface area contributed by atoms with E-state index < -0.39 is 0 Å². The van der Waals surface area contributed by atoms with Gasteiger partial charge in [-0.05, 0) is 181 Å². The van der Waals surface area contributed by atoms with Crippen molar-refractivity contribution >= 4 is 27.8 Å². The van der Waals surface area contributed by atoms with Crippen molar-refractivity contribution < 1.29 is 0 Å². The highest BCUT2D eigenvalue weighted by Gasteiger charge is 2.59. The molecule has 4 bridgehead atoms. The molecule has 5 aliphatic carbocycles. The Morgan fingerprint density at radius 2 is 0.814 bits per heavy atom. The lowest BCUT2D eigenvalue weighted by Gasteiger charge is -2.53. The van der Waals surface area contributed by atoms with Crippen LogP contribution in [0.2, 0.25) is 0 Å². The van der Waals surface area contributed by atoms with Gasteiger partial charge in [0.15, 0.2) is 0 Å². The minimum absolute atomic E-state index is 0.130. The smallest absolute Gasteiger partial charge is 0.0540 e. The van der Waals surface area contributed by atoms with Gasteiger partial charge < -0.3 is 4.90 Å². The summed E-state index contributed by atoms with van der Waals surface area (Å²) in [6, 6.07) is 88.6. The second-order valence-corrected chi connectivity index (χ2v) is 20.8. The lowest BCUT2D eigenvalue weighted by atomic mass is 9.50. The summed E-state index contributed by atoms with van der Waals surface area (Å²) in [7, 11) is 0. The van der Waals surface area contributed by atoms with Gasteiger partial charge in [0.25, 0.3) is 0 Å². The Kier molecular flexibility index (Phi) is 9.87. The first kappa shape index (κ1) is 41.3. The van der Waals surface area contributed by atoms with Crippen molar-refractivity contribution in [2.45, 2.75) is 43.9 Å². The van der Waals surface area contributed by atoms with Gasteiger partial charge in [0, 0.05) is 22.4 Å². The van der Waals surface area contributed by atoms with Crippen molar-refractivity contribution in [1.82, 2.24) is 0 Å². The topological polar surface area (TPSA) is 3.24 Å². The molecular weight excluding hydrogens is 843 g/mol. The van der Waals surface area contributed by atoms with Crippen molar-refractivity contribution in [1.29, 1.82) is 0 Å². The lowest BCUT2D eigenvalue weighted by molar-refractivity contribution is 0.0618. The van der Waals surface area contributed by atoms with E-state index >= 15 is 0 Å². The van der Waals surface area contributed by atoms with Gasteiger partial charge in [-0.15, -0.1) is 0 Å². The number of fused-ring (bicyclic) bond motifs is 5. The predicted molar refractivity (Wildman–Crippen MR) is 294 cm³/mol. The Balaban J connectivity index is 0.890. The highest BCUT2D eigenvalue weighted by Crippen LogP contribution is 2.68. The third kappa shape index (κ3) is 6.66. The zero-order valence-electron chi connectivity index (χ0n) is 39.5. The first-order chi connectivity index (χ1) is 34.7. The van der Waals surface area contributed by atoms with Crippen LogP contribution in [-0.2, 0) is 5.41 Å². The third-order valence-corrected chi connectivity index (χ3v) is 17.2. The predicted octanol–water partition coefficient (Wildman–Crippen LogP) is 18.8. The van der Waals surface area contributed by atoms with E-state index in [-0.39, 0.29) is 5.41 Å². The SMILES string of the molecule is c1ccc(-c2ccccc2-c2ccccc2-c2ccccc2N(c2ccc(-c3ccc4c(c3)C3(c5ccccc5-4)C4CCC5CC(C4)CC3C5)cc2)c2ccc(-c3ccc4ccccc4c3)cc2)cc1. The molecule has 0 N–H and O–H groups in total. The molecule has 1 heteroatoms. The maximum absolute atomic E-state index is 2.63. The standard InChI is InChI=1S/C69H55N/c1-2-15-51(16-3-1)59-18-6-7-19-60(59)61-20-8-9-21-62(61)65-23-11-13-25-68(65)70(57-35-29-49(30-36-57)53-28-27-48-14-4-5-17-52(48)44-53)58-37-31-50(32-38-58)54-33-39-64-63-22-10-12-24-66(63)69(67(64)45-54)55-34-26-46-40-47(42-55)43-56(69)41-46/h1-25,27-33,35-39,44-47,55-56H,26,34,40-43H2. The molecule has 1 nitrogen and oxygen atoms in total. The zero-order chi connectivity index (χ0) is 46.2. The second-order valence-electron chi connectivity index (χ2n) is 20.8. The van der Waals surface area contributed by atoms with Crippen LogP contribution in [0.15, 0.2) is 237 Å². The maximum atomic E-state index is 2.63. The summed E-state index contributed by atoms with van der Waals surface area (Å²) in [6.07, 6.45) is 8.43. The van der Waals surface area contributed by atoms with Crippen molar-refractivity contribution in [2.75, 3.05) is 4.90 Å². The Hall–Kier alpha value is -7.74. The number of anilines is 3. The van der Waals surface area contributed by atoms with Crippen LogP contribution in [0.5, 0.6) is 0 Å². The normalized spacial score (nSPS) is 20.6. The summed E-state index contributed by atoms with van der Waals surface area (Å²) in [5.41, 5.74) is 22.0. The fourth-order valence-corrected chi connectivity index (χ4v) is 14.3. The molecule has 4 saturated carbocycles. The number of nitrogens with zero attached hydrogens (tertiary/aromatic N) is 1. The largest absolute Gasteiger partial charge is 0.310 e. The van der Waals surface area contributed by atoms with Crippen LogP contribution < -0.4 is 4.90 Å². The van der Waals surface area contributed by atoms with Crippen LogP contribution in [0.4, 0.5) is 17.1 Å². The summed E-state index contributed by atoms with van der Waals surface area (Å²) >= 11 is 0. The molecule has 5 unspecified atom stereocenters. The van der Waals surface area contributed by atoms with Gasteiger partial charge in [0.1, 0.15) is 0 Å². The minimum Gasteiger partial charge on any atom is -0.310 e. The average molecular weight is 898 g/mol. The van der Waals surface area contributed by atoms with Crippen molar-refractivity contribution in [3.05, 3.63) is 248 Å². The first-order valence-corrected chi connectivity index (χ1v) is 25.7. The number of para-hydroxylation sites is 1. The molecule has 0 aliphatic heterocycles. The molecule has 0 heterocycles. The fraction of sp³-hybridized carbons (Fsp3) is 0.159. The van der Waals surface area contributed by atoms with Crippen LogP contribution in [0.25, 0.3) is 77.5 Å². The van der Waals surface area contributed by atoms with Gasteiger partial charge in [0.2, 0.25) is 0 Å². The molecule has 70 heavy (non-hydrogen) atoms. The maximum Gasteiger partial charge on any atom is 0.0540 e. The van der Waals surface area contributed by atoms with Crippen LogP contribution in [0, 0.1) is 23.7 Å². The van der Waals surface area contributed by atoms with Gasteiger partial charge >= 0.3 is 0 Å². The summed E-state index contributed by atoms with van der Waals surface area (Å²) in [5, 5.41) is 2.51. The molecule has 0 radical (unpaired) electrons. The van der Waals surface area contributed by atoms with E-state index in [1.54, 1.807) is 11.1 Å². The molecular formula is C69H55N. The van der Waals surface area contributed by atoms with Crippen LogP contribution >= 0.6 is 0 Å². The van der Waals surface area contributed by atoms with Gasteiger partial charge in [-0.1, -0.05) is 201 Å². The second kappa shape index (κ2) is 16.7. The Morgan fingerprint density at radius 1 is 0.300 bits per heavy atom. The highest BCUT2D eigenvalue weighted by molar-refractivity contribution is 5.97. The van der Waals surface area contributed by atoms with E-state index in [9.17, 15) is 0 Å². The van der Waals surface area contributed by atoms with E-state index in [1.165, 1.54) is 116 Å². The molecule has 0 saturated heterocycles. The summed E-state index contributed by atoms with van der Waals surface area (Å²) in [4.78, 5) is 2.47. The quantitative estimate of drug-likeness (QED) is 0.147. The minimum atomic E-state index is 0.130. The van der Waals surface area contributed by atoms with Gasteiger partial charge in [0.05, 0.1) is 5.69 Å². The molecule has 15 rings (SSSR count). The molecule has 336 valence electrons. The van der Waals surface area contributed by atoms with Crippen LogP contribution in [-0.4, -0.2) is 0 Å². The van der Waals surface area contributed by atoms with Gasteiger partial charge in [-0.25, -0.2) is 0 Å². The number of benzene rings is 10. The van der Waals surface area contributed by atoms with Crippen molar-refractivity contribution in [3.63, 3.8) is 0 Å². The zero-order valence-corrected chi connectivity index (χ0v) is 39.5. The number of rotatable bonds is 8. The van der Waals surface area contributed by atoms with Crippen LogP contribution in [0.1, 0.15) is 49.7 Å². The third-order valence-electron chi connectivity index (χ3n) is 17.2. The highest BCUT2D eigenvalue weighted by atomic mass is 15.1. The first-order valence-electron chi connectivity index (χ1n) is 25.7.